The van der Waals surface area contributed by atoms with Crippen LogP contribution in [0.3, 0.4) is 0 Å². The monoisotopic (exact) mass is 320 g/mol. The number of rotatable bonds is 7. The van der Waals surface area contributed by atoms with Crippen molar-refractivity contribution < 1.29 is 8.42 Å². The summed E-state index contributed by atoms with van der Waals surface area (Å²) in [7, 11) is -3.38. The number of benzene rings is 1. The average Bonchev–Trinajstić information content (AvgIpc) is 2.29. The van der Waals surface area contributed by atoms with Crippen LogP contribution in [0.25, 0.3) is 0 Å². The third kappa shape index (κ3) is 5.16. The molecule has 0 saturated carbocycles. The highest BCUT2D eigenvalue weighted by molar-refractivity contribution is 9.10. The summed E-state index contributed by atoms with van der Waals surface area (Å²) >= 11 is 3.25. The summed E-state index contributed by atoms with van der Waals surface area (Å²) in [6, 6.07) is 6.67. The Bertz CT molecular complexity index is 449. The van der Waals surface area contributed by atoms with E-state index in [1.807, 2.05) is 6.92 Å². The lowest BCUT2D eigenvalue weighted by Crippen LogP contribution is -2.27. The molecule has 0 heterocycles. The van der Waals surface area contributed by atoms with Gasteiger partial charge in [-0.3, -0.25) is 0 Å². The number of nitrogens with one attached hydrogen (secondary N) is 2. The fourth-order valence-electron chi connectivity index (χ4n) is 1.31. The Morgan fingerprint density at radius 3 is 2.71 bits per heavy atom. The quantitative estimate of drug-likeness (QED) is 0.752. The summed E-state index contributed by atoms with van der Waals surface area (Å²) in [5.74, 6) is 0. The van der Waals surface area contributed by atoms with Crippen molar-refractivity contribution in [3.63, 3.8) is 0 Å². The van der Waals surface area contributed by atoms with Crippen molar-refractivity contribution in [2.45, 2.75) is 18.2 Å². The van der Waals surface area contributed by atoms with Crippen LogP contribution >= 0.6 is 15.9 Å². The maximum atomic E-state index is 11.9. The molecule has 96 valence electrons. The van der Waals surface area contributed by atoms with E-state index in [1.165, 1.54) is 0 Å². The van der Waals surface area contributed by atoms with E-state index in [0.717, 1.165) is 24.0 Å². The van der Waals surface area contributed by atoms with Gasteiger partial charge in [0.15, 0.2) is 0 Å². The van der Waals surface area contributed by atoms with Crippen molar-refractivity contribution in [1.29, 1.82) is 0 Å². The van der Waals surface area contributed by atoms with E-state index in [2.05, 4.69) is 26.0 Å². The molecule has 17 heavy (non-hydrogen) atoms. The maximum Gasteiger partial charge on any atom is 0.240 e. The van der Waals surface area contributed by atoms with Gasteiger partial charge in [0.25, 0.3) is 0 Å². The summed E-state index contributed by atoms with van der Waals surface area (Å²) in [6.07, 6.45) is 0.779. The average molecular weight is 321 g/mol. The van der Waals surface area contributed by atoms with E-state index in [1.54, 1.807) is 24.3 Å². The summed E-state index contributed by atoms with van der Waals surface area (Å²) in [5, 5.41) is 3.14. The topological polar surface area (TPSA) is 58.2 Å². The molecule has 0 radical (unpaired) electrons. The van der Waals surface area contributed by atoms with Crippen LogP contribution in [0.5, 0.6) is 0 Å². The molecule has 1 aromatic rings. The second kappa shape index (κ2) is 7.10. The van der Waals surface area contributed by atoms with E-state index in [4.69, 9.17) is 0 Å². The van der Waals surface area contributed by atoms with Crippen molar-refractivity contribution >= 4 is 26.0 Å². The highest BCUT2D eigenvalue weighted by Gasteiger charge is 2.12. The second-order valence-electron chi connectivity index (χ2n) is 3.56. The molecule has 4 nitrogen and oxygen atoms in total. The Morgan fingerprint density at radius 1 is 1.29 bits per heavy atom. The lowest BCUT2D eigenvalue weighted by atomic mass is 10.4. The molecular weight excluding hydrogens is 304 g/mol. The highest BCUT2D eigenvalue weighted by atomic mass is 79.9. The lowest BCUT2D eigenvalue weighted by molar-refractivity contribution is 0.575. The third-order valence-corrected chi connectivity index (χ3v) is 4.13. The van der Waals surface area contributed by atoms with Gasteiger partial charge in [0.05, 0.1) is 4.90 Å². The zero-order chi connectivity index (χ0) is 12.7. The molecule has 0 fully saturated rings. The molecule has 0 aliphatic carbocycles. The number of hydrogen-bond acceptors (Lipinski definition) is 3. The van der Waals surface area contributed by atoms with Gasteiger partial charge in [-0.2, -0.15) is 0 Å². The normalized spacial score (nSPS) is 11.6. The molecule has 0 aromatic heterocycles. The number of hydrogen-bond donors (Lipinski definition) is 2. The molecular formula is C11H17BrN2O2S. The molecule has 0 atom stereocenters. The van der Waals surface area contributed by atoms with E-state index in [9.17, 15) is 8.42 Å². The summed E-state index contributed by atoms with van der Waals surface area (Å²) < 4.78 is 27.1. The van der Waals surface area contributed by atoms with Crippen LogP contribution in [0.1, 0.15) is 13.3 Å². The van der Waals surface area contributed by atoms with Crippen molar-refractivity contribution in [2.24, 2.45) is 0 Å². The molecule has 0 bridgehead atoms. The number of sulfonamides is 1. The Labute approximate surface area is 111 Å². The van der Waals surface area contributed by atoms with Crippen molar-refractivity contribution in [3.05, 3.63) is 28.7 Å². The fourth-order valence-corrected chi connectivity index (χ4v) is 2.98. The van der Waals surface area contributed by atoms with Gasteiger partial charge < -0.3 is 5.32 Å². The molecule has 0 spiro atoms. The predicted octanol–water partition coefficient (Wildman–Crippen LogP) is 1.73. The van der Waals surface area contributed by atoms with Crippen LogP contribution in [0.15, 0.2) is 33.6 Å². The third-order valence-electron chi connectivity index (χ3n) is 2.18. The molecule has 2 N–H and O–H groups in total. The predicted molar refractivity (Wildman–Crippen MR) is 72.5 cm³/mol. The molecule has 0 aliphatic heterocycles. The van der Waals surface area contributed by atoms with Crippen LogP contribution in [-0.2, 0) is 10.0 Å². The van der Waals surface area contributed by atoms with Gasteiger partial charge >= 0.3 is 0 Å². The molecule has 1 aromatic carbocycles. The van der Waals surface area contributed by atoms with E-state index in [-0.39, 0.29) is 4.90 Å². The van der Waals surface area contributed by atoms with Crippen LogP contribution < -0.4 is 10.0 Å². The van der Waals surface area contributed by atoms with Gasteiger partial charge in [0.2, 0.25) is 10.0 Å². The smallest absolute Gasteiger partial charge is 0.240 e. The highest BCUT2D eigenvalue weighted by Crippen LogP contribution is 2.15. The minimum atomic E-state index is -3.38. The zero-order valence-corrected chi connectivity index (χ0v) is 12.1. The zero-order valence-electron chi connectivity index (χ0n) is 9.74. The maximum absolute atomic E-state index is 11.9. The summed E-state index contributed by atoms with van der Waals surface area (Å²) in [6.45, 7) is 4.18. The van der Waals surface area contributed by atoms with E-state index >= 15 is 0 Å². The molecule has 0 aliphatic rings. The van der Waals surface area contributed by atoms with Crippen molar-refractivity contribution in [3.8, 4) is 0 Å². The van der Waals surface area contributed by atoms with Crippen LogP contribution in [0.4, 0.5) is 0 Å². The Morgan fingerprint density at radius 2 is 2.06 bits per heavy atom. The molecule has 1 rings (SSSR count). The van der Waals surface area contributed by atoms with Gasteiger partial charge in [0, 0.05) is 11.0 Å². The van der Waals surface area contributed by atoms with Gasteiger partial charge in [-0.15, -0.1) is 0 Å². The standard InChI is InChI=1S/C11H17BrN2O2S/c1-2-13-7-4-8-14-17(15,16)11-6-3-5-10(12)9-11/h3,5-6,9,13-14H,2,4,7-8H2,1H3. The Balaban J connectivity index is 2.51. The largest absolute Gasteiger partial charge is 0.317 e. The Kier molecular flexibility index (Phi) is 6.11. The molecule has 0 amide bonds. The number of halogens is 1. The molecule has 0 saturated heterocycles. The van der Waals surface area contributed by atoms with Gasteiger partial charge in [0.1, 0.15) is 0 Å². The minimum Gasteiger partial charge on any atom is -0.317 e. The van der Waals surface area contributed by atoms with Crippen molar-refractivity contribution in [1.82, 2.24) is 10.0 Å². The lowest BCUT2D eigenvalue weighted by Gasteiger charge is -2.07. The van der Waals surface area contributed by atoms with Gasteiger partial charge in [-0.25, -0.2) is 13.1 Å². The van der Waals surface area contributed by atoms with Crippen molar-refractivity contribution in [2.75, 3.05) is 19.6 Å². The molecule has 0 unspecified atom stereocenters. The second-order valence-corrected chi connectivity index (χ2v) is 6.24. The first-order chi connectivity index (χ1) is 8.06. The summed E-state index contributed by atoms with van der Waals surface area (Å²) in [5.41, 5.74) is 0. The van der Waals surface area contributed by atoms with Gasteiger partial charge in [-0.1, -0.05) is 28.9 Å². The first-order valence-electron chi connectivity index (χ1n) is 5.52. The SMILES string of the molecule is CCNCCCNS(=O)(=O)c1cccc(Br)c1. The first kappa shape index (κ1) is 14.6. The van der Waals surface area contributed by atoms with Crippen LogP contribution in [0.2, 0.25) is 0 Å². The van der Waals surface area contributed by atoms with Crippen LogP contribution in [-0.4, -0.2) is 28.1 Å². The Hall–Kier alpha value is -0.430. The fraction of sp³-hybridized carbons (Fsp3) is 0.455. The van der Waals surface area contributed by atoms with E-state index < -0.39 is 10.0 Å². The van der Waals surface area contributed by atoms with E-state index in [0.29, 0.717) is 6.54 Å². The summed E-state index contributed by atoms with van der Waals surface area (Å²) in [4.78, 5) is 0.287. The minimum absolute atomic E-state index is 0.287. The first-order valence-corrected chi connectivity index (χ1v) is 7.80. The van der Waals surface area contributed by atoms with Crippen LogP contribution in [0, 0.1) is 0 Å². The molecule has 6 heteroatoms. The van der Waals surface area contributed by atoms with Gasteiger partial charge in [-0.05, 0) is 37.7 Å².